The lowest BCUT2D eigenvalue weighted by Gasteiger charge is -2.21. The second-order valence-electron chi connectivity index (χ2n) is 3.53. The van der Waals surface area contributed by atoms with Crippen LogP contribution in [0.2, 0.25) is 0 Å². The van der Waals surface area contributed by atoms with Crippen molar-refractivity contribution in [3.8, 4) is 0 Å². The van der Waals surface area contributed by atoms with Crippen molar-refractivity contribution in [1.82, 2.24) is 0 Å². The molecule has 0 N–H and O–H groups in total. The van der Waals surface area contributed by atoms with E-state index in [1.165, 1.54) is 25.7 Å². The first kappa shape index (κ1) is 7.84. The average molecular weight is 138 g/mol. The molecule has 0 aromatic heterocycles. The smallest absolute Gasteiger partial charge is 0.0259 e. The molecule has 0 radical (unpaired) electrons. The van der Waals surface area contributed by atoms with Crippen molar-refractivity contribution in [2.75, 3.05) is 0 Å². The fraction of sp³-hybridized carbons (Fsp3) is 0.800. The summed E-state index contributed by atoms with van der Waals surface area (Å²) in [6, 6.07) is 0. The highest BCUT2D eigenvalue weighted by Crippen LogP contribution is 2.26. The Morgan fingerprint density at radius 3 is 2.90 bits per heavy atom. The van der Waals surface area contributed by atoms with E-state index in [-0.39, 0.29) is 0 Å². The van der Waals surface area contributed by atoms with Gasteiger partial charge in [0.15, 0.2) is 0 Å². The molecule has 0 bridgehead atoms. The minimum absolute atomic E-state index is 0.838. The predicted molar refractivity (Wildman–Crippen MR) is 45.9 cm³/mol. The predicted octanol–water partition coefficient (Wildman–Crippen LogP) is 3.39. The molecule has 0 fully saturated rings. The lowest BCUT2D eigenvalue weighted by atomic mass is 9.85. The molecule has 58 valence electrons. The van der Waals surface area contributed by atoms with E-state index in [1.54, 1.807) is 0 Å². The van der Waals surface area contributed by atoms with E-state index in [4.69, 9.17) is 0 Å². The van der Waals surface area contributed by atoms with Crippen LogP contribution in [-0.2, 0) is 0 Å². The third-order valence-electron chi connectivity index (χ3n) is 2.34. The lowest BCUT2D eigenvalue weighted by Crippen LogP contribution is -2.08. The van der Waals surface area contributed by atoms with Gasteiger partial charge >= 0.3 is 0 Å². The third kappa shape index (κ3) is 2.17. The molecular formula is C10H18. The highest BCUT2D eigenvalue weighted by Gasteiger charge is 2.12. The van der Waals surface area contributed by atoms with Crippen molar-refractivity contribution in [2.24, 2.45) is 11.8 Å². The Morgan fingerprint density at radius 1 is 1.50 bits per heavy atom. The molecule has 0 heteroatoms. The largest absolute Gasteiger partial charge is 0.0880 e. The summed E-state index contributed by atoms with van der Waals surface area (Å²) < 4.78 is 0. The van der Waals surface area contributed by atoms with Crippen LogP contribution >= 0.6 is 0 Å². The standard InChI is InChI=1S/C10H18/c1-3-5-10-7-4-6-9(2)8-10/h4,6,9-10H,3,5,7-8H2,1-2H3/t9-,10?/m1/s1. The summed E-state index contributed by atoms with van der Waals surface area (Å²) in [5.41, 5.74) is 0. The van der Waals surface area contributed by atoms with Gasteiger partial charge in [0.2, 0.25) is 0 Å². The minimum atomic E-state index is 0.838. The van der Waals surface area contributed by atoms with Gasteiger partial charge < -0.3 is 0 Å². The summed E-state index contributed by atoms with van der Waals surface area (Å²) in [5.74, 6) is 1.83. The Kier molecular flexibility index (Phi) is 2.98. The van der Waals surface area contributed by atoms with Crippen LogP contribution in [0.4, 0.5) is 0 Å². The van der Waals surface area contributed by atoms with E-state index in [9.17, 15) is 0 Å². The van der Waals surface area contributed by atoms with Crippen LogP contribution in [0.5, 0.6) is 0 Å². The molecule has 0 saturated heterocycles. The van der Waals surface area contributed by atoms with Crippen molar-refractivity contribution in [3.63, 3.8) is 0 Å². The molecule has 1 aliphatic rings. The Morgan fingerprint density at radius 2 is 2.30 bits per heavy atom. The quantitative estimate of drug-likeness (QED) is 0.513. The van der Waals surface area contributed by atoms with Gasteiger partial charge in [-0.3, -0.25) is 0 Å². The summed E-state index contributed by atoms with van der Waals surface area (Å²) in [6.45, 7) is 4.60. The first-order valence-corrected chi connectivity index (χ1v) is 4.49. The lowest BCUT2D eigenvalue weighted by molar-refractivity contribution is 0.388. The highest BCUT2D eigenvalue weighted by atomic mass is 14.2. The monoisotopic (exact) mass is 138 g/mol. The molecule has 2 atom stereocenters. The van der Waals surface area contributed by atoms with Gasteiger partial charge in [0.1, 0.15) is 0 Å². The maximum atomic E-state index is 2.36. The van der Waals surface area contributed by atoms with Gasteiger partial charge in [0.25, 0.3) is 0 Å². The average Bonchev–Trinajstić information content (AvgIpc) is 1.88. The molecule has 0 aliphatic heterocycles. The van der Waals surface area contributed by atoms with Gasteiger partial charge in [-0.25, -0.2) is 0 Å². The second kappa shape index (κ2) is 3.80. The fourth-order valence-corrected chi connectivity index (χ4v) is 1.85. The topological polar surface area (TPSA) is 0 Å². The first-order chi connectivity index (χ1) is 4.83. The number of hydrogen-bond donors (Lipinski definition) is 0. The zero-order valence-electron chi connectivity index (χ0n) is 7.14. The Labute approximate surface area is 64.3 Å². The van der Waals surface area contributed by atoms with E-state index in [2.05, 4.69) is 26.0 Å². The van der Waals surface area contributed by atoms with Gasteiger partial charge in [-0.05, 0) is 24.7 Å². The highest BCUT2D eigenvalue weighted by molar-refractivity contribution is 4.94. The summed E-state index contributed by atoms with van der Waals surface area (Å²) in [5, 5.41) is 0. The van der Waals surface area contributed by atoms with Gasteiger partial charge in [-0.1, -0.05) is 38.8 Å². The molecule has 10 heavy (non-hydrogen) atoms. The molecule has 1 aliphatic carbocycles. The minimum Gasteiger partial charge on any atom is -0.0880 e. The van der Waals surface area contributed by atoms with Gasteiger partial charge in [-0.15, -0.1) is 0 Å². The summed E-state index contributed by atoms with van der Waals surface area (Å²) >= 11 is 0. The number of rotatable bonds is 2. The van der Waals surface area contributed by atoms with E-state index in [0.717, 1.165) is 11.8 Å². The van der Waals surface area contributed by atoms with Gasteiger partial charge in [0.05, 0.1) is 0 Å². The Hall–Kier alpha value is -0.260. The molecule has 0 heterocycles. The van der Waals surface area contributed by atoms with Crippen LogP contribution in [0.1, 0.15) is 39.5 Å². The molecule has 0 saturated carbocycles. The van der Waals surface area contributed by atoms with Crippen molar-refractivity contribution in [1.29, 1.82) is 0 Å². The van der Waals surface area contributed by atoms with Crippen molar-refractivity contribution >= 4 is 0 Å². The fourth-order valence-electron chi connectivity index (χ4n) is 1.85. The Balaban J connectivity index is 2.29. The van der Waals surface area contributed by atoms with E-state index in [0.29, 0.717) is 0 Å². The second-order valence-corrected chi connectivity index (χ2v) is 3.53. The van der Waals surface area contributed by atoms with Crippen LogP contribution in [-0.4, -0.2) is 0 Å². The van der Waals surface area contributed by atoms with Crippen LogP contribution in [0.25, 0.3) is 0 Å². The number of allylic oxidation sites excluding steroid dienone is 2. The van der Waals surface area contributed by atoms with Gasteiger partial charge in [0, 0.05) is 0 Å². The summed E-state index contributed by atoms with van der Waals surface area (Å²) in [7, 11) is 0. The molecule has 0 amide bonds. The molecule has 0 aromatic rings. The number of hydrogen-bond acceptors (Lipinski definition) is 0. The maximum Gasteiger partial charge on any atom is -0.0259 e. The van der Waals surface area contributed by atoms with Crippen LogP contribution in [0.15, 0.2) is 12.2 Å². The normalized spacial score (nSPS) is 32.6. The molecule has 0 spiro atoms. The van der Waals surface area contributed by atoms with Crippen molar-refractivity contribution < 1.29 is 0 Å². The van der Waals surface area contributed by atoms with E-state index >= 15 is 0 Å². The van der Waals surface area contributed by atoms with E-state index < -0.39 is 0 Å². The first-order valence-electron chi connectivity index (χ1n) is 4.49. The van der Waals surface area contributed by atoms with Crippen molar-refractivity contribution in [3.05, 3.63) is 12.2 Å². The maximum absolute atomic E-state index is 2.36. The molecule has 1 rings (SSSR count). The Bertz CT molecular complexity index is 113. The summed E-state index contributed by atoms with van der Waals surface area (Å²) in [4.78, 5) is 0. The third-order valence-corrected chi connectivity index (χ3v) is 2.34. The molecule has 0 nitrogen and oxygen atoms in total. The summed E-state index contributed by atoms with van der Waals surface area (Å²) in [6.07, 6.45) is 10.2. The molecule has 1 unspecified atom stereocenters. The molecule has 0 aromatic carbocycles. The van der Waals surface area contributed by atoms with Crippen LogP contribution in [0.3, 0.4) is 0 Å². The van der Waals surface area contributed by atoms with E-state index in [1.807, 2.05) is 0 Å². The van der Waals surface area contributed by atoms with Crippen LogP contribution in [0, 0.1) is 11.8 Å². The van der Waals surface area contributed by atoms with Gasteiger partial charge in [-0.2, -0.15) is 0 Å². The molecular weight excluding hydrogens is 120 g/mol. The zero-order chi connectivity index (χ0) is 7.40. The zero-order valence-corrected chi connectivity index (χ0v) is 7.14. The van der Waals surface area contributed by atoms with Crippen molar-refractivity contribution in [2.45, 2.75) is 39.5 Å². The van der Waals surface area contributed by atoms with Crippen LogP contribution < -0.4 is 0 Å². The SMILES string of the molecule is CCCC1CC=C[C@@H](C)C1.